The zero-order valence-corrected chi connectivity index (χ0v) is 12.9. The van der Waals surface area contributed by atoms with Gasteiger partial charge >= 0.3 is 0 Å². The van der Waals surface area contributed by atoms with Gasteiger partial charge in [0.05, 0.1) is 6.54 Å². The van der Waals surface area contributed by atoms with Gasteiger partial charge in [0.1, 0.15) is 0 Å². The first-order chi connectivity index (χ1) is 10.4. The molecule has 2 N–H and O–H groups in total. The van der Waals surface area contributed by atoms with Crippen LogP contribution >= 0.6 is 0 Å². The molecule has 0 spiro atoms. The number of nitrogens with one attached hydrogen (secondary N) is 2. The minimum Gasteiger partial charge on any atom is -0.353 e. The molecule has 0 amide bonds. The fraction of sp³-hybridized carbons (Fsp3) is 0.611. The molecule has 0 aromatic heterocycles. The summed E-state index contributed by atoms with van der Waals surface area (Å²) in [7, 11) is 0. The van der Waals surface area contributed by atoms with Crippen LogP contribution in [-0.4, -0.2) is 12.0 Å². The van der Waals surface area contributed by atoms with Gasteiger partial charge in [-0.25, -0.2) is 4.99 Å². The number of benzene rings is 1. The Kier molecular flexibility index (Phi) is 5.14. The van der Waals surface area contributed by atoms with Gasteiger partial charge in [0.2, 0.25) is 0 Å². The Morgan fingerprint density at radius 3 is 2.33 bits per heavy atom. The van der Waals surface area contributed by atoms with Crippen LogP contribution in [-0.2, 0) is 6.54 Å². The van der Waals surface area contributed by atoms with E-state index in [9.17, 15) is 0 Å². The SMILES string of the molecule is c1ccc2c(c1)CN=C(NC1CCCCCCCCC1)N2. The summed E-state index contributed by atoms with van der Waals surface area (Å²) < 4.78 is 0. The lowest BCUT2D eigenvalue weighted by molar-refractivity contribution is 0.436. The Balaban J connectivity index is 1.56. The zero-order chi connectivity index (χ0) is 14.3. The molecule has 0 unspecified atom stereocenters. The highest BCUT2D eigenvalue weighted by molar-refractivity contribution is 5.95. The first-order valence-corrected chi connectivity index (χ1v) is 8.58. The predicted molar refractivity (Wildman–Crippen MR) is 89.7 cm³/mol. The van der Waals surface area contributed by atoms with Crippen molar-refractivity contribution in [2.24, 2.45) is 4.99 Å². The van der Waals surface area contributed by atoms with E-state index in [-0.39, 0.29) is 0 Å². The third-order valence-electron chi connectivity index (χ3n) is 4.62. The Labute approximate surface area is 128 Å². The second-order valence-corrected chi connectivity index (χ2v) is 6.34. The second-order valence-electron chi connectivity index (χ2n) is 6.34. The molecule has 1 aromatic rings. The molecule has 1 heterocycles. The molecular weight excluding hydrogens is 258 g/mol. The van der Waals surface area contributed by atoms with Crippen LogP contribution < -0.4 is 10.6 Å². The molecule has 0 bridgehead atoms. The van der Waals surface area contributed by atoms with E-state index in [0.29, 0.717) is 6.04 Å². The molecule has 1 saturated carbocycles. The highest BCUT2D eigenvalue weighted by Gasteiger charge is 2.15. The summed E-state index contributed by atoms with van der Waals surface area (Å²) in [5, 5.41) is 7.10. The molecular formula is C18H27N3. The topological polar surface area (TPSA) is 36.4 Å². The molecule has 1 aromatic carbocycles. The van der Waals surface area contributed by atoms with Crippen LogP contribution in [0, 0.1) is 0 Å². The Morgan fingerprint density at radius 2 is 1.57 bits per heavy atom. The number of nitrogens with zero attached hydrogens (tertiary/aromatic N) is 1. The molecule has 1 aliphatic heterocycles. The fourth-order valence-corrected chi connectivity index (χ4v) is 3.34. The van der Waals surface area contributed by atoms with E-state index in [1.54, 1.807) is 0 Å². The number of rotatable bonds is 1. The van der Waals surface area contributed by atoms with E-state index in [1.807, 2.05) is 0 Å². The summed E-state index contributed by atoms with van der Waals surface area (Å²) in [6.45, 7) is 0.790. The van der Waals surface area contributed by atoms with Crippen molar-refractivity contribution in [1.82, 2.24) is 5.32 Å². The molecule has 0 atom stereocenters. The first-order valence-electron chi connectivity index (χ1n) is 8.58. The summed E-state index contributed by atoms with van der Waals surface area (Å²) in [4.78, 5) is 4.66. The second kappa shape index (κ2) is 7.48. The van der Waals surface area contributed by atoms with E-state index < -0.39 is 0 Å². The van der Waals surface area contributed by atoms with Gasteiger partial charge in [-0.15, -0.1) is 0 Å². The highest BCUT2D eigenvalue weighted by atomic mass is 15.2. The number of guanidine groups is 1. The van der Waals surface area contributed by atoms with Crippen molar-refractivity contribution in [3.63, 3.8) is 0 Å². The average molecular weight is 285 g/mol. The lowest BCUT2D eigenvalue weighted by Gasteiger charge is -2.25. The molecule has 0 radical (unpaired) electrons. The molecule has 3 rings (SSSR count). The van der Waals surface area contributed by atoms with Crippen molar-refractivity contribution in [2.75, 3.05) is 5.32 Å². The summed E-state index contributed by atoms with van der Waals surface area (Å²) in [5.74, 6) is 0.968. The molecule has 1 fully saturated rings. The molecule has 3 nitrogen and oxygen atoms in total. The average Bonchev–Trinajstić information content (AvgIpc) is 2.53. The van der Waals surface area contributed by atoms with Crippen LogP contribution in [0.1, 0.15) is 63.4 Å². The van der Waals surface area contributed by atoms with Gasteiger partial charge in [0.25, 0.3) is 0 Å². The number of fused-ring (bicyclic) bond motifs is 1. The first kappa shape index (κ1) is 14.4. The standard InChI is InChI=1S/C18H27N3/c1-2-4-6-11-16(12-7-5-3-1)20-18-19-14-15-10-8-9-13-17(15)21-18/h8-10,13,16H,1-7,11-12,14H2,(H2,19,20,21). The van der Waals surface area contributed by atoms with Crippen molar-refractivity contribution < 1.29 is 0 Å². The number of hydrogen-bond donors (Lipinski definition) is 2. The fourth-order valence-electron chi connectivity index (χ4n) is 3.34. The molecule has 0 saturated heterocycles. The van der Waals surface area contributed by atoms with Gasteiger partial charge in [-0.3, -0.25) is 0 Å². The lowest BCUT2D eigenvalue weighted by atomic mass is 9.97. The maximum absolute atomic E-state index is 4.66. The Bertz CT molecular complexity index is 471. The molecule has 1 aliphatic carbocycles. The maximum atomic E-state index is 4.66. The monoisotopic (exact) mass is 285 g/mol. The quantitative estimate of drug-likeness (QED) is 0.799. The van der Waals surface area contributed by atoms with Crippen LogP contribution in [0.15, 0.2) is 29.3 Å². The molecule has 114 valence electrons. The van der Waals surface area contributed by atoms with Crippen LogP contribution in [0.4, 0.5) is 5.69 Å². The van der Waals surface area contributed by atoms with Crippen LogP contribution in [0.3, 0.4) is 0 Å². The normalized spacial score (nSPS) is 20.9. The van der Waals surface area contributed by atoms with Crippen molar-refractivity contribution in [3.05, 3.63) is 29.8 Å². The Hall–Kier alpha value is -1.51. The number of aliphatic imine (C=N–C) groups is 1. The van der Waals surface area contributed by atoms with Crippen molar-refractivity contribution in [1.29, 1.82) is 0 Å². The van der Waals surface area contributed by atoms with Gasteiger partial charge in [-0.05, 0) is 24.5 Å². The van der Waals surface area contributed by atoms with E-state index in [2.05, 4.69) is 39.9 Å². The largest absolute Gasteiger partial charge is 0.353 e. The molecule has 3 heteroatoms. The van der Waals surface area contributed by atoms with Crippen LogP contribution in [0.2, 0.25) is 0 Å². The number of hydrogen-bond acceptors (Lipinski definition) is 3. The smallest absolute Gasteiger partial charge is 0.196 e. The third kappa shape index (κ3) is 4.23. The Morgan fingerprint density at radius 1 is 0.905 bits per heavy atom. The minimum absolute atomic E-state index is 0.583. The summed E-state index contributed by atoms with van der Waals surface area (Å²) >= 11 is 0. The molecule has 2 aliphatic rings. The van der Waals surface area contributed by atoms with E-state index >= 15 is 0 Å². The number of anilines is 1. The lowest BCUT2D eigenvalue weighted by Crippen LogP contribution is -2.40. The van der Waals surface area contributed by atoms with Gasteiger partial charge in [0, 0.05) is 11.7 Å². The highest BCUT2D eigenvalue weighted by Crippen LogP contribution is 2.21. The van der Waals surface area contributed by atoms with Crippen molar-refractivity contribution in [2.45, 2.75) is 70.4 Å². The minimum atomic E-state index is 0.583. The van der Waals surface area contributed by atoms with E-state index in [4.69, 9.17) is 0 Å². The van der Waals surface area contributed by atoms with Crippen LogP contribution in [0.5, 0.6) is 0 Å². The van der Waals surface area contributed by atoms with E-state index in [1.165, 1.54) is 69.0 Å². The summed E-state index contributed by atoms with van der Waals surface area (Å²) in [5.41, 5.74) is 2.49. The number of para-hydroxylation sites is 1. The van der Waals surface area contributed by atoms with Crippen molar-refractivity contribution in [3.8, 4) is 0 Å². The van der Waals surface area contributed by atoms with Gasteiger partial charge in [-0.1, -0.05) is 63.1 Å². The van der Waals surface area contributed by atoms with Gasteiger partial charge in [0.15, 0.2) is 5.96 Å². The van der Waals surface area contributed by atoms with Crippen LogP contribution in [0.25, 0.3) is 0 Å². The van der Waals surface area contributed by atoms with Gasteiger partial charge in [-0.2, -0.15) is 0 Å². The predicted octanol–water partition coefficient (Wildman–Crippen LogP) is 4.45. The van der Waals surface area contributed by atoms with Crippen molar-refractivity contribution >= 4 is 11.6 Å². The molecule has 21 heavy (non-hydrogen) atoms. The summed E-state index contributed by atoms with van der Waals surface area (Å²) in [6, 6.07) is 9.03. The van der Waals surface area contributed by atoms with E-state index in [0.717, 1.165) is 12.5 Å². The third-order valence-corrected chi connectivity index (χ3v) is 4.62. The van der Waals surface area contributed by atoms with Gasteiger partial charge < -0.3 is 10.6 Å². The maximum Gasteiger partial charge on any atom is 0.196 e. The zero-order valence-electron chi connectivity index (χ0n) is 12.9. The summed E-state index contributed by atoms with van der Waals surface area (Å²) in [6.07, 6.45) is 12.3.